The maximum Gasteiger partial charge on any atom is 0.418 e. The van der Waals surface area contributed by atoms with E-state index in [9.17, 15) is 27.2 Å². The van der Waals surface area contributed by atoms with Gasteiger partial charge in [0.25, 0.3) is 5.91 Å². The Morgan fingerprint density at radius 1 is 1.17 bits per heavy atom. The molecule has 4 heterocycles. The molecule has 2 amide bonds. The van der Waals surface area contributed by atoms with E-state index in [0.717, 1.165) is 25.1 Å². The van der Waals surface area contributed by atoms with Crippen LogP contribution in [0.1, 0.15) is 35.8 Å². The van der Waals surface area contributed by atoms with Crippen molar-refractivity contribution in [2.24, 2.45) is 5.92 Å². The predicted molar refractivity (Wildman–Crippen MR) is 148 cm³/mol. The van der Waals surface area contributed by atoms with Crippen molar-refractivity contribution in [3.05, 3.63) is 65.7 Å². The lowest BCUT2D eigenvalue weighted by Gasteiger charge is -2.23. The van der Waals surface area contributed by atoms with Gasteiger partial charge in [0.05, 0.1) is 40.7 Å². The average molecular weight is 587 g/mol. The smallest absolute Gasteiger partial charge is 0.418 e. The molecule has 3 aromatic rings. The van der Waals surface area contributed by atoms with Crippen molar-refractivity contribution in [1.82, 2.24) is 20.6 Å². The van der Waals surface area contributed by atoms with E-state index in [1.54, 1.807) is 30.5 Å². The topological polar surface area (TPSA) is 108 Å². The molecule has 1 unspecified atom stereocenters. The van der Waals surface area contributed by atoms with Gasteiger partial charge in [-0.05, 0) is 68.8 Å². The zero-order chi connectivity index (χ0) is 29.9. The number of carbonyl (C=O) groups is 2. The van der Waals surface area contributed by atoms with E-state index in [-0.39, 0.29) is 24.2 Å². The standard InChI is InChI=1S/C29H30F4N6O3/c1-2-42-28-20(4-3-11-35-28)22-7-8-24(25(37-22)27(41)36-19-9-12-34-15-19)39-13-10-17(16-39)26(40)38-23-6-5-18(30)14-21(23)29(31,32)33/h3-8,11,14,17,19,34H,2,9-10,12-13,15-16H2,1H3,(H,36,41)(H,38,40)/t17?,19-/m1/s1. The number of pyridine rings is 2. The number of hydrogen-bond donors (Lipinski definition) is 3. The lowest BCUT2D eigenvalue weighted by atomic mass is 10.1. The molecule has 42 heavy (non-hydrogen) atoms. The molecule has 2 atom stereocenters. The van der Waals surface area contributed by atoms with E-state index < -0.39 is 35.1 Å². The van der Waals surface area contributed by atoms with Crippen LogP contribution in [-0.4, -0.2) is 60.6 Å². The highest BCUT2D eigenvalue weighted by Crippen LogP contribution is 2.36. The number of hydrogen-bond acceptors (Lipinski definition) is 7. The number of nitrogens with zero attached hydrogens (tertiary/aromatic N) is 3. The summed E-state index contributed by atoms with van der Waals surface area (Å²) >= 11 is 0. The van der Waals surface area contributed by atoms with E-state index in [4.69, 9.17) is 9.72 Å². The number of ether oxygens (including phenoxy) is 1. The number of halogens is 4. The number of amides is 2. The fourth-order valence-corrected chi connectivity index (χ4v) is 5.18. The van der Waals surface area contributed by atoms with Crippen LogP contribution in [0.3, 0.4) is 0 Å². The zero-order valence-corrected chi connectivity index (χ0v) is 22.8. The Bertz CT molecular complexity index is 1460. The Balaban J connectivity index is 1.40. The molecule has 0 aliphatic carbocycles. The van der Waals surface area contributed by atoms with Gasteiger partial charge in [0.2, 0.25) is 11.8 Å². The molecule has 2 aromatic heterocycles. The van der Waals surface area contributed by atoms with Crippen molar-refractivity contribution < 1.29 is 31.9 Å². The summed E-state index contributed by atoms with van der Waals surface area (Å²) in [6.07, 6.45) is -2.14. The van der Waals surface area contributed by atoms with Crippen LogP contribution in [0, 0.1) is 11.7 Å². The Kier molecular flexibility index (Phi) is 8.57. The maximum atomic E-state index is 13.5. The molecule has 0 saturated carbocycles. The van der Waals surface area contributed by atoms with E-state index in [2.05, 4.69) is 20.9 Å². The highest BCUT2D eigenvalue weighted by molar-refractivity contribution is 5.99. The molecule has 3 N–H and O–H groups in total. The molecule has 0 spiro atoms. The molecule has 9 nitrogen and oxygen atoms in total. The lowest BCUT2D eigenvalue weighted by molar-refractivity contribution is -0.137. The third-order valence-electron chi connectivity index (χ3n) is 7.26. The van der Waals surface area contributed by atoms with Gasteiger partial charge in [0.1, 0.15) is 5.82 Å². The summed E-state index contributed by atoms with van der Waals surface area (Å²) in [4.78, 5) is 37.3. The van der Waals surface area contributed by atoms with Crippen molar-refractivity contribution >= 4 is 23.2 Å². The minimum atomic E-state index is -4.84. The molecule has 2 saturated heterocycles. The molecule has 0 bridgehead atoms. The summed E-state index contributed by atoms with van der Waals surface area (Å²) < 4.78 is 59.5. The fraction of sp³-hybridized carbons (Fsp3) is 0.379. The minimum Gasteiger partial charge on any atom is -0.477 e. The van der Waals surface area contributed by atoms with Gasteiger partial charge in [-0.2, -0.15) is 13.2 Å². The highest BCUT2D eigenvalue weighted by Gasteiger charge is 2.36. The van der Waals surface area contributed by atoms with Crippen LogP contribution >= 0.6 is 0 Å². The van der Waals surface area contributed by atoms with Crippen molar-refractivity contribution in [1.29, 1.82) is 0 Å². The van der Waals surface area contributed by atoms with Crippen LogP contribution in [0.15, 0.2) is 48.7 Å². The van der Waals surface area contributed by atoms with E-state index in [1.807, 2.05) is 11.8 Å². The Labute approximate surface area is 239 Å². The second kappa shape index (κ2) is 12.3. The first-order valence-electron chi connectivity index (χ1n) is 13.7. The Morgan fingerprint density at radius 2 is 2.00 bits per heavy atom. The summed E-state index contributed by atoms with van der Waals surface area (Å²) in [5, 5.41) is 8.54. The van der Waals surface area contributed by atoms with Gasteiger partial charge in [0, 0.05) is 31.9 Å². The third-order valence-corrected chi connectivity index (χ3v) is 7.26. The Morgan fingerprint density at radius 3 is 2.74 bits per heavy atom. The molecular weight excluding hydrogens is 556 g/mol. The van der Waals surface area contributed by atoms with Crippen LogP contribution < -0.4 is 25.6 Å². The Hall–Kier alpha value is -4.26. The van der Waals surface area contributed by atoms with E-state index in [1.165, 1.54) is 0 Å². The second-order valence-electron chi connectivity index (χ2n) is 10.1. The molecule has 2 aliphatic heterocycles. The van der Waals surface area contributed by atoms with Gasteiger partial charge in [-0.1, -0.05) is 0 Å². The number of rotatable bonds is 8. The van der Waals surface area contributed by atoms with E-state index >= 15 is 0 Å². The molecule has 0 radical (unpaired) electrons. The molecule has 2 fully saturated rings. The van der Waals surface area contributed by atoms with Crippen LogP contribution in [0.5, 0.6) is 5.88 Å². The maximum absolute atomic E-state index is 13.5. The zero-order valence-electron chi connectivity index (χ0n) is 22.8. The number of carbonyl (C=O) groups excluding carboxylic acids is 2. The van der Waals surface area contributed by atoms with Crippen LogP contribution in [-0.2, 0) is 11.0 Å². The molecule has 222 valence electrons. The summed E-state index contributed by atoms with van der Waals surface area (Å²) in [5.41, 5.74) is -0.0185. The highest BCUT2D eigenvalue weighted by atomic mass is 19.4. The van der Waals surface area contributed by atoms with Crippen molar-refractivity contribution in [2.75, 3.05) is 43.0 Å². The summed E-state index contributed by atoms with van der Waals surface area (Å²) in [6, 6.07) is 9.08. The number of aromatic nitrogens is 2. The number of nitrogens with one attached hydrogen (secondary N) is 3. The van der Waals surface area contributed by atoms with Gasteiger partial charge in [-0.15, -0.1) is 0 Å². The third kappa shape index (κ3) is 6.46. The molecule has 5 rings (SSSR count). The molecular formula is C29H30F4N6O3. The first-order chi connectivity index (χ1) is 20.1. The monoisotopic (exact) mass is 586 g/mol. The number of alkyl halides is 3. The second-order valence-corrected chi connectivity index (χ2v) is 10.1. The first-order valence-corrected chi connectivity index (χ1v) is 13.7. The lowest BCUT2D eigenvalue weighted by Crippen LogP contribution is -2.38. The summed E-state index contributed by atoms with van der Waals surface area (Å²) in [6.45, 7) is 4.17. The fourth-order valence-electron chi connectivity index (χ4n) is 5.18. The van der Waals surface area contributed by atoms with Gasteiger partial charge in [-0.3, -0.25) is 9.59 Å². The van der Waals surface area contributed by atoms with Gasteiger partial charge >= 0.3 is 6.18 Å². The van der Waals surface area contributed by atoms with Gasteiger partial charge in [-0.25, -0.2) is 14.4 Å². The summed E-state index contributed by atoms with van der Waals surface area (Å²) in [7, 11) is 0. The number of anilines is 2. The summed E-state index contributed by atoms with van der Waals surface area (Å²) in [5.74, 6) is -2.35. The molecule has 2 aliphatic rings. The van der Waals surface area contributed by atoms with Crippen molar-refractivity contribution in [2.45, 2.75) is 32.0 Å². The van der Waals surface area contributed by atoms with Gasteiger partial charge < -0.3 is 25.6 Å². The quantitative estimate of drug-likeness (QED) is 0.339. The van der Waals surface area contributed by atoms with Crippen LogP contribution in [0.25, 0.3) is 11.3 Å². The van der Waals surface area contributed by atoms with Crippen LogP contribution in [0.2, 0.25) is 0 Å². The predicted octanol–water partition coefficient (Wildman–Crippen LogP) is 4.26. The van der Waals surface area contributed by atoms with Crippen molar-refractivity contribution in [3.63, 3.8) is 0 Å². The minimum absolute atomic E-state index is 0.0659. The molecule has 1 aromatic carbocycles. The van der Waals surface area contributed by atoms with Crippen LogP contribution in [0.4, 0.5) is 28.9 Å². The molecule has 13 heteroatoms. The van der Waals surface area contributed by atoms with Crippen molar-refractivity contribution in [3.8, 4) is 17.1 Å². The van der Waals surface area contributed by atoms with Gasteiger partial charge in [0.15, 0.2) is 5.69 Å². The number of benzene rings is 1. The van der Waals surface area contributed by atoms with E-state index in [0.29, 0.717) is 55.0 Å². The SMILES string of the molecule is CCOc1ncccc1-c1ccc(N2CCC(C(=O)Nc3ccc(F)cc3C(F)(F)F)C2)c(C(=O)N[C@@H]2CCNC2)n1. The average Bonchev–Trinajstić information content (AvgIpc) is 3.66. The first kappa shape index (κ1) is 29.2. The normalized spacial score (nSPS) is 18.6. The largest absolute Gasteiger partial charge is 0.477 e.